The molecule has 0 aliphatic heterocycles. The van der Waals surface area contributed by atoms with Crippen LogP contribution in [0.3, 0.4) is 0 Å². The summed E-state index contributed by atoms with van der Waals surface area (Å²) < 4.78 is 5.01. The Morgan fingerprint density at radius 1 is 1.17 bits per heavy atom. The highest BCUT2D eigenvalue weighted by atomic mass is 16.5. The molecule has 1 aromatic carbocycles. The van der Waals surface area contributed by atoms with Crippen molar-refractivity contribution in [3.8, 4) is 0 Å². The maximum Gasteiger partial charge on any atom is 0.317 e. The molecule has 1 rings (SSSR count). The van der Waals surface area contributed by atoms with Crippen LogP contribution in [0.1, 0.15) is 37.6 Å². The molecule has 0 radical (unpaired) electrons. The molecule has 2 atom stereocenters. The van der Waals surface area contributed by atoms with Crippen molar-refractivity contribution >= 4 is 11.8 Å². The van der Waals surface area contributed by atoms with Gasteiger partial charge < -0.3 is 4.74 Å². The van der Waals surface area contributed by atoms with Crippen LogP contribution in [-0.2, 0) is 9.53 Å². The molecule has 2 unspecified atom stereocenters. The highest BCUT2D eigenvalue weighted by molar-refractivity contribution is 6.08. The maximum absolute atomic E-state index is 12.4. The minimum Gasteiger partial charge on any atom is -0.465 e. The van der Waals surface area contributed by atoms with Gasteiger partial charge >= 0.3 is 5.97 Å². The first kappa shape index (κ1) is 14.4. The van der Waals surface area contributed by atoms with E-state index in [2.05, 4.69) is 0 Å². The van der Waals surface area contributed by atoms with E-state index in [4.69, 9.17) is 4.74 Å². The minimum absolute atomic E-state index is 0.0169. The fourth-order valence-corrected chi connectivity index (χ4v) is 1.85. The van der Waals surface area contributed by atoms with Crippen molar-refractivity contribution in [3.05, 3.63) is 35.9 Å². The van der Waals surface area contributed by atoms with Gasteiger partial charge in [0.1, 0.15) is 5.92 Å². The summed E-state index contributed by atoms with van der Waals surface area (Å²) in [5, 5.41) is 0. The van der Waals surface area contributed by atoms with Crippen LogP contribution >= 0.6 is 0 Å². The molecule has 98 valence electrons. The Labute approximate surface area is 108 Å². The van der Waals surface area contributed by atoms with Crippen LogP contribution < -0.4 is 0 Å². The molecule has 0 aliphatic carbocycles. The van der Waals surface area contributed by atoms with E-state index in [-0.39, 0.29) is 11.7 Å². The Morgan fingerprint density at radius 2 is 1.78 bits per heavy atom. The van der Waals surface area contributed by atoms with Gasteiger partial charge in [-0.25, -0.2) is 0 Å². The van der Waals surface area contributed by atoms with Crippen molar-refractivity contribution in [1.29, 1.82) is 0 Å². The van der Waals surface area contributed by atoms with Crippen molar-refractivity contribution in [2.24, 2.45) is 11.8 Å². The molecule has 3 nitrogen and oxygen atoms in total. The Balaban J connectivity index is 2.96. The van der Waals surface area contributed by atoms with E-state index in [0.717, 1.165) is 6.42 Å². The third kappa shape index (κ3) is 3.42. The predicted octanol–water partition coefficient (Wildman–Crippen LogP) is 3.09. The number of hydrogen-bond acceptors (Lipinski definition) is 3. The lowest BCUT2D eigenvalue weighted by molar-refractivity contribution is -0.147. The monoisotopic (exact) mass is 248 g/mol. The van der Waals surface area contributed by atoms with Crippen molar-refractivity contribution in [2.45, 2.75) is 27.2 Å². The topological polar surface area (TPSA) is 43.4 Å². The van der Waals surface area contributed by atoms with Gasteiger partial charge in [-0.2, -0.15) is 0 Å². The second-order valence-electron chi connectivity index (χ2n) is 4.35. The highest BCUT2D eigenvalue weighted by Gasteiger charge is 2.33. The summed E-state index contributed by atoms with van der Waals surface area (Å²) in [5.74, 6) is -1.28. The number of ketones is 1. The zero-order valence-electron chi connectivity index (χ0n) is 11.2. The molecule has 0 bridgehead atoms. The molecule has 0 saturated carbocycles. The standard InChI is InChI=1S/C15H20O3/c1-4-11(3)13(15(17)18-5-2)14(16)12-9-7-6-8-10-12/h6-11,13H,4-5H2,1-3H3. The third-order valence-corrected chi connectivity index (χ3v) is 3.09. The molecule has 18 heavy (non-hydrogen) atoms. The first-order valence-electron chi connectivity index (χ1n) is 6.37. The summed E-state index contributed by atoms with van der Waals surface area (Å²) in [7, 11) is 0. The van der Waals surface area contributed by atoms with Gasteiger partial charge in [0, 0.05) is 5.56 Å². The largest absolute Gasteiger partial charge is 0.465 e. The summed E-state index contributed by atoms with van der Waals surface area (Å²) in [6.45, 7) is 5.92. The van der Waals surface area contributed by atoms with Crippen LogP contribution in [0.15, 0.2) is 30.3 Å². The molecule has 0 spiro atoms. The van der Waals surface area contributed by atoms with Gasteiger partial charge in [0.15, 0.2) is 5.78 Å². The van der Waals surface area contributed by atoms with Crippen molar-refractivity contribution < 1.29 is 14.3 Å². The fraction of sp³-hybridized carbons (Fsp3) is 0.467. The van der Waals surface area contributed by atoms with Gasteiger partial charge in [-0.05, 0) is 12.8 Å². The van der Waals surface area contributed by atoms with Crippen LogP contribution in [0, 0.1) is 11.8 Å². The quantitative estimate of drug-likeness (QED) is 0.441. The summed E-state index contributed by atoms with van der Waals surface area (Å²) in [6, 6.07) is 8.91. The van der Waals surface area contributed by atoms with Gasteiger partial charge in [0.05, 0.1) is 6.61 Å². The van der Waals surface area contributed by atoms with Crippen molar-refractivity contribution in [2.75, 3.05) is 6.61 Å². The Hall–Kier alpha value is -1.64. The first-order valence-corrected chi connectivity index (χ1v) is 6.37. The van der Waals surface area contributed by atoms with E-state index < -0.39 is 11.9 Å². The van der Waals surface area contributed by atoms with E-state index in [1.54, 1.807) is 31.2 Å². The lowest BCUT2D eigenvalue weighted by Crippen LogP contribution is -2.31. The summed E-state index contributed by atoms with van der Waals surface area (Å²) >= 11 is 0. The molecule has 1 aromatic rings. The van der Waals surface area contributed by atoms with Crippen LogP contribution in [0.2, 0.25) is 0 Å². The number of hydrogen-bond donors (Lipinski definition) is 0. The molecular weight excluding hydrogens is 228 g/mol. The number of carbonyl (C=O) groups is 2. The minimum atomic E-state index is -0.697. The van der Waals surface area contributed by atoms with E-state index in [0.29, 0.717) is 12.2 Å². The van der Waals surface area contributed by atoms with E-state index in [9.17, 15) is 9.59 Å². The SMILES string of the molecule is CCOC(=O)C(C(=O)c1ccccc1)C(C)CC. The maximum atomic E-state index is 12.4. The molecule has 0 heterocycles. The number of carbonyl (C=O) groups excluding carboxylic acids is 2. The first-order chi connectivity index (χ1) is 8.61. The molecular formula is C15H20O3. The normalized spacial score (nSPS) is 13.7. The lowest BCUT2D eigenvalue weighted by atomic mass is 9.85. The molecule has 0 saturated heterocycles. The number of rotatable bonds is 6. The molecule has 0 amide bonds. The number of benzene rings is 1. The van der Waals surface area contributed by atoms with Crippen molar-refractivity contribution in [1.82, 2.24) is 0 Å². The van der Waals surface area contributed by atoms with Gasteiger partial charge in [0.2, 0.25) is 0 Å². The van der Waals surface area contributed by atoms with Gasteiger partial charge in [0.25, 0.3) is 0 Å². The van der Waals surface area contributed by atoms with Crippen LogP contribution in [0.25, 0.3) is 0 Å². The highest BCUT2D eigenvalue weighted by Crippen LogP contribution is 2.22. The number of ether oxygens (including phenoxy) is 1. The summed E-state index contributed by atoms with van der Waals surface area (Å²) in [5.41, 5.74) is 0.566. The molecule has 0 N–H and O–H groups in total. The third-order valence-electron chi connectivity index (χ3n) is 3.09. The van der Waals surface area contributed by atoms with Gasteiger partial charge in [-0.1, -0.05) is 50.6 Å². The van der Waals surface area contributed by atoms with E-state index in [1.807, 2.05) is 19.9 Å². The van der Waals surface area contributed by atoms with Gasteiger partial charge in [-0.15, -0.1) is 0 Å². The zero-order chi connectivity index (χ0) is 13.5. The van der Waals surface area contributed by atoms with E-state index in [1.165, 1.54) is 0 Å². The number of esters is 1. The summed E-state index contributed by atoms with van der Waals surface area (Å²) in [6.07, 6.45) is 0.766. The second kappa shape index (κ2) is 6.94. The fourth-order valence-electron chi connectivity index (χ4n) is 1.85. The van der Waals surface area contributed by atoms with Gasteiger partial charge in [-0.3, -0.25) is 9.59 Å². The molecule has 3 heteroatoms. The molecule has 0 fully saturated rings. The average molecular weight is 248 g/mol. The molecule has 0 aliphatic rings. The Bertz CT molecular complexity index is 397. The van der Waals surface area contributed by atoms with Crippen LogP contribution in [0.4, 0.5) is 0 Å². The predicted molar refractivity (Wildman–Crippen MR) is 70.4 cm³/mol. The zero-order valence-corrected chi connectivity index (χ0v) is 11.2. The van der Waals surface area contributed by atoms with Crippen molar-refractivity contribution in [3.63, 3.8) is 0 Å². The lowest BCUT2D eigenvalue weighted by Gasteiger charge is -2.20. The smallest absolute Gasteiger partial charge is 0.317 e. The number of Topliss-reactive ketones (excluding diaryl/α,β-unsaturated/α-hetero) is 1. The average Bonchev–Trinajstić information content (AvgIpc) is 2.40. The summed E-state index contributed by atoms with van der Waals surface area (Å²) in [4.78, 5) is 24.3. The van der Waals surface area contributed by atoms with Crippen LogP contribution in [-0.4, -0.2) is 18.4 Å². The van der Waals surface area contributed by atoms with E-state index >= 15 is 0 Å². The molecule has 0 aromatic heterocycles. The second-order valence-corrected chi connectivity index (χ2v) is 4.35. The Morgan fingerprint density at radius 3 is 2.28 bits per heavy atom. The van der Waals surface area contributed by atoms with Crippen LogP contribution in [0.5, 0.6) is 0 Å². The Kier molecular flexibility index (Phi) is 5.56.